The van der Waals surface area contributed by atoms with Crippen molar-refractivity contribution in [3.8, 4) is 0 Å². The number of nitrogens with zero attached hydrogens (tertiary/aromatic N) is 1. The summed E-state index contributed by atoms with van der Waals surface area (Å²) in [7, 11) is 0. The molecule has 1 amide bonds. The van der Waals surface area contributed by atoms with Crippen molar-refractivity contribution in [1.29, 1.82) is 0 Å². The molecular formula is C16H19FN2O. The van der Waals surface area contributed by atoms with Crippen LogP contribution >= 0.6 is 0 Å². The Morgan fingerprint density at radius 1 is 1.25 bits per heavy atom. The number of rotatable bonds is 3. The molecule has 0 aliphatic carbocycles. The monoisotopic (exact) mass is 274 g/mol. The molecule has 1 N–H and O–H groups in total. The second-order valence-electron chi connectivity index (χ2n) is 5.64. The molecule has 106 valence electrons. The van der Waals surface area contributed by atoms with Crippen molar-refractivity contribution in [2.75, 3.05) is 19.6 Å². The summed E-state index contributed by atoms with van der Waals surface area (Å²) in [6.45, 7) is 3.31. The van der Waals surface area contributed by atoms with E-state index in [1.54, 1.807) is 18.2 Å². The molecule has 4 heteroatoms. The predicted molar refractivity (Wildman–Crippen MR) is 76.5 cm³/mol. The highest BCUT2D eigenvalue weighted by atomic mass is 19.1. The van der Waals surface area contributed by atoms with Gasteiger partial charge in [-0.1, -0.05) is 12.1 Å². The zero-order chi connectivity index (χ0) is 13.9. The van der Waals surface area contributed by atoms with Crippen molar-refractivity contribution in [3.63, 3.8) is 0 Å². The van der Waals surface area contributed by atoms with Crippen LogP contribution in [-0.2, 0) is 4.79 Å². The molecule has 3 nitrogen and oxygen atoms in total. The van der Waals surface area contributed by atoms with E-state index in [0.717, 1.165) is 12.1 Å². The number of hydrogen-bond donors (Lipinski definition) is 1. The molecule has 1 aromatic carbocycles. The number of fused-ring (bicyclic) bond motifs is 3. The highest BCUT2D eigenvalue weighted by molar-refractivity contribution is 5.91. The minimum absolute atomic E-state index is 0.0620. The largest absolute Gasteiger partial charge is 0.348 e. The molecule has 0 aromatic heterocycles. The van der Waals surface area contributed by atoms with Gasteiger partial charge in [0.25, 0.3) is 0 Å². The average molecular weight is 274 g/mol. The molecule has 2 bridgehead atoms. The molecule has 3 aliphatic heterocycles. The summed E-state index contributed by atoms with van der Waals surface area (Å²) in [5.74, 6) is 0.301. The van der Waals surface area contributed by atoms with Crippen LogP contribution in [-0.4, -0.2) is 36.5 Å². The maximum absolute atomic E-state index is 12.8. The van der Waals surface area contributed by atoms with Crippen molar-refractivity contribution in [1.82, 2.24) is 10.2 Å². The van der Waals surface area contributed by atoms with Gasteiger partial charge in [0.05, 0.1) is 0 Å². The zero-order valence-electron chi connectivity index (χ0n) is 11.4. The Kier molecular flexibility index (Phi) is 3.83. The van der Waals surface area contributed by atoms with Crippen LogP contribution in [0.2, 0.25) is 0 Å². The quantitative estimate of drug-likeness (QED) is 0.856. The standard InChI is InChI=1S/C16H19FN2O/c17-14-4-1-12(2-5-14)3-6-16(20)18-15-11-19-9-7-13(15)8-10-19/h1-6,13,15H,7-11H2,(H,18,20)/t15-/m0/s1. The third-order valence-corrected chi connectivity index (χ3v) is 4.28. The van der Waals surface area contributed by atoms with Crippen LogP contribution in [0.3, 0.4) is 0 Å². The summed E-state index contributed by atoms with van der Waals surface area (Å²) < 4.78 is 12.8. The number of nitrogens with one attached hydrogen (secondary N) is 1. The van der Waals surface area contributed by atoms with Crippen LogP contribution < -0.4 is 5.32 Å². The Balaban J connectivity index is 1.55. The van der Waals surface area contributed by atoms with E-state index in [9.17, 15) is 9.18 Å². The van der Waals surface area contributed by atoms with Gasteiger partial charge in [-0.15, -0.1) is 0 Å². The van der Waals surface area contributed by atoms with Crippen LogP contribution in [0.25, 0.3) is 6.08 Å². The van der Waals surface area contributed by atoms with Gasteiger partial charge in [0.1, 0.15) is 5.82 Å². The van der Waals surface area contributed by atoms with Crippen molar-refractivity contribution in [2.24, 2.45) is 5.92 Å². The van der Waals surface area contributed by atoms with E-state index >= 15 is 0 Å². The van der Waals surface area contributed by atoms with Crippen LogP contribution in [0.4, 0.5) is 4.39 Å². The molecule has 0 radical (unpaired) electrons. The highest BCUT2D eigenvalue weighted by Crippen LogP contribution is 2.27. The molecule has 1 atom stereocenters. The normalized spacial score (nSPS) is 28.8. The molecule has 3 heterocycles. The highest BCUT2D eigenvalue weighted by Gasteiger charge is 2.34. The molecule has 1 aromatic rings. The van der Waals surface area contributed by atoms with Crippen LogP contribution in [0.1, 0.15) is 18.4 Å². The lowest BCUT2D eigenvalue weighted by atomic mass is 9.84. The fourth-order valence-electron chi connectivity index (χ4n) is 3.11. The molecule has 0 unspecified atom stereocenters. The number of benzene rings is 1. The van der Waals surface area contributed by atoms with Gasteiger partial charge >= 0.3 is 0 Å². The molecule has 0 spiro atoms. The first-order valence-electron chi connectivity index (χ1n) is 7.17. The molecule has 0 saturated carbocycles. The predicted octanol–water partition coefficient (Wildman–Crippen LogP) is 2.05. The Morgan fingerprint density at radius 3 is 2.55 bits per heavy atom. The summed E-state index contributed by atoms with van der Waals surface area (Å²) in [5, 5.41) is 3.09. The first-order chi connectivity index (χ1) is 9.70. The van der Waals surface area contributed by atoms with Crippen molar-refractivity contribution in [3.05, 3.63) is 41.7 Å². The van der Waals surface area contributed by atoms with Gasteiger partial charge in [0.15, 0.2) is 0 Å². The number of hydrogen-bond acceptors (Lipinski definition) is 2. The Bertz CT molecular complexity index is 504. The van der Waals surface area contributed by atoms with Gasteiger partial charge in [-0.25, -0.2) is 4.39 Å². The average Bonchev–Trinajstić information content (AvgIpc) is 2.48. The Morgan fingerprint density at radius 2 is 1.95 bits per heavy atom. The second kappa shape index (κ2) is 5.75. The van der Waals surface area contributed by atoms with Gasteiger partial charge in [0.2, 0.25) is 5.91 Å². The van der Waals surface area contributed by atoms with E-state index in [1.165, 1.54) is 44.1 Å². The zero-order valence-corrected chi connectivity index (χ0v) is 11.4. The number of carbonyl (C=O) groups excluding carboxylic acids is 1. The van der Waals surface area contributed by atoms with Gasteiger partial charge in [-0.2, -0.15) is 0 Å². The summed E-state index contributed by atoms with van der Waals surface area (Å²) in [4.78, 5) is 14.3. The lowest BCUT2D eigenvalue weighted by Crippen LogP contribution is -2.57. The summed E-state index contributed by atoms with van der Waals surface area (Å²) in [6.07, 6.45) is 5.63. The lowest BCUT2D eigenvalue weighted by molar-refractivity contribution is -0.118. The number of carbonyl (C=O) groups is 1. The second-order valence-corrected chi connectivity index (χ2v) is 5.64. The number of halogens is 1. The molecule has 3 saturated heterocycles. The van der Waals surface area contributed by atoms with E-state index < -0.39 is 0 Å². The SMILES string of the molecule is O=C(C=Cc1ccc(F)cc1)N[C@H]1CN2CCC1CC2. The maximum atomic E-state index is 12.8. The minimum atomic E-state index is -0.265. The van der Waals surface area contributed by atoms with Crippen molar-refractivity contribution < 1.29 is 9.18 Å². The van der Waals surface area contributed by atoms with E-state index in [-0.39, 0.29) is 17.8 Å². The molecule has 3 aliphatic rings. The molecule has 20 heavy (non-hydrogen) atoms. The third kappa shape index (κ3) is 3.07. The van der Waals surface area contributed by atoms with E-state index in [1.807, 2.05) is 0 Å². The van der Waals surface area contributed by atoms with Crippen molar-refractivity contribution in [2.45, 2.75) is 18.9 Å². The van der Waals surface area contributed by atoms with Gasteiger partial charge in [-0.05, 0) is 55.6 Å². The van der Waals surface area contributed by atoms with Crippen LogP contribution in [0, 0.1) is 11.7 Å². The molecule has 4 rings (SSSR count). The fraction of sp³-hybridized carbons (Fsp3) is 0.438. The maximum Gasteiger partial charge on any atom is 0.244 e. The van der Waals surface area contributed by atoms with E-state index in [4.69, 9.17) is 0 Å². The summed E-state index contributed by atoms with van der Waals surface area (Å²) in [5.41, 5.74) is 0.829. The first kappa shape index (κ1) is 13.3. The van der Waals surface area contributed by atoms with Gasteiger partial charge in [0, 0.05) is 18.7 Å². The lowest BCUT2D eigenvalue weighted by Gasteiger charge is -2.44. The van der Waals surface area contributed by atoms with Gasteiger partial charge in [-0.3, -0.25) is 4.79 Å². The Labute approximate surface area is 118 Å². The Hall–Kier alpha value is -1.68. The fourth-order valence-corrected chi connectivity index (χ4v) is 3.11. The minimum Gasteiger partial charge on any atom is -0.348 e. The number of piperidine rings is 3. The van der Waals surface area contributed by atoms with Crippen LogP contribution in [0.5, 0.6) is 0 Å². The smallest absolute Gasteiger partial charge is 0.244 e. The summed E-state index contributed by atoms with van der Waals surface area (Å²) in [6, 6.07) is 6.39. The van der Waals surface area contributed by atoms with Crippen LogP contribution in [0.15, 0.2) is 30.3 Å². The molecule has 3 fully saturated rings. The van der Waals surface area contributed by atoms with Crippen molar-refractivity contribution >= 4 is 12.0 Å². The third-order valence-electron chi connectivity index (χ3n) is 4.28. The number of amides is 1. The topological polar surface area (TPSA) is 32.3 Å². The first-order valence-corrected chi connectivity index (χ1v) is 7.17. The molecular weight excluding hydrogens is 255 g/mol. The summed E-state index contributed by atoms with van der Waals surface area (Å²) >= 11 is 0. The van der Waals surface area contributed by atoms with Gasteiger partial charge < -0.3 is 10.2 Å². The van der Waals surface area contributed by atoms with E-state index in [2.05, 4.69) is 10.2 Å². The van der Waals surface area contributed by atoms with E-state index in [0.29, 0.717) is 5.92 Å².